The largest absolute Gasteiger partial charge is 0.387 e. The first-order valence-electron chi connectivity index (χ1n) is 9.19. The maximum Gasteiger partial charge on any atom is 0.272 e. The van der Waals surface area contributed by atoms with Gasteiger partial charge in [0.05, 0.1) is 34.6 Å². The van der Waals surface area contributed by atoms with Crippen LogP contribution in [0.5, 0.6) is 0 Å². The second-order valence-corrected chi connectivity index (χ2v) is 7.14. The molecule has 0 aliphatic rings. The summed E-state index contributed by atoms with van der Waals surface area (Å²) >= 11 is 6.09. The first kappa shape index (κ1) is 20.6. The van der Waals surface area contributed by atoms with Gasteiger partial charge in [-0.1, -0.05) is 24.6 Å². The van der Waals surface area contributed by atoms with Crippen molar-refractivity contribution < 1.29 is 9.90 Å². The van der Waals surface area contributed by atoms with Crippen LogP contribution in [0.3, 0.4) is 0 Å². The molecular formula is C20H21ClN6O2. The molecule has 2 atom stereocenters. The molecule has 29 heavy (non-hydrogen) atoms. The van der Waals surface area contributed by atoms with Gasteiger partial charge in [0, 0.05) is 17.8 Å². The highest BCUT2D eigenvalue weighted by molar-refractivity contribution is 6.32. The number of H-pyrrole nitrogens is 1. The van der Waals surface area contributed by atoms with E-state index >= 15 is 0 Å². The number of hydrogen-bond donors (Lipinski definition) is 3. The summed E-state index contributed by atoms with van der Waals surface area (Å²) in [5.74, 6) is -0.324. The van der Waals surface area contributed by atoms with Gasteiger partial charge in [-0.3, -0.25) is 14.6 Å². The number of nitrogens with one attached hydrogen (secondary N) is 2. The van der Waals surface area contributed by atoms with Gasteiger partial charge in [-0.05, 0) is 37.6 Å². The Hall–Kier alpha value is -3.15. The fourth-order valence-corrected chi connectivity index (χ4v) is 3.07. The van der Waals surface area contributed by atoms with E-state index in [2.05, 4.69) is 20.6 Å². The van der Waals surface area contributed by atoms with Crippen molar-refractivity contribution in [3.63, 3.8) is 0 Å². The molecule has 0 spiro atoms. The second kappa shape index (κ2) is 8.90. The van der Waals surface area contributed by atoms with Gasteiger partial charge in [-0.2, -0.15) is 15.5 Å². The van der Waals surface area contributed by atoms with Crippen molar-refractivity contribution in [2.75, 3.05) is 0 Å². The van der Waals surface area contributed by atoms with E-state index in [-0.39, 0.29) is 17.6 Å². The van der Waals surface area contributed by atoms with Crippen molar-refractivity contribution >= 4 is 17.5 Å². The van der Waals surface area contributed by atoms with Crippen molar-refractivity contribution in [2.24, 2.45) is 0 Å². The third-order valence-corrected chi connectivity index (χ3v) is 4.75. The molecule has 1 aromatic carbocycles. The Morgan fingerprint density at radius 3 is 2.90 bits per heavy atom. The highest BCUT2D eigenvalue weighted by Crippen LogP contribution is 2.24. The average Bonchev–Trinajstić information content (AvgIpc) is 3.37. The number of amides is 1. The van der Waals surface area contributed by atoms with E-state index in [1.807, 2.05) is 32.2 Å². The van der Waals surface area contributed by atoms with Crippen LogP contribution >= 0.6 is 11.6 Å². The van der Waals surface area contributed by atoms with Crippen LogP contribution in [0.15, 0.2) is 36.5 Å². The second-order valence-electron chi connectivity index (χ2n) is 6.74. The molecule has 1 amide bonds. The Morgan fingerprint density at radius 2 is 2.21 bits per heavy atom. The number of benzene rings is 1. The fraction of sp³-hybridized carbons (Fsp3) is 0.300. The molecular weight excluding hydrogens is 392 g/mol. The van der Waals surface area contributed by atoms with E-state index in [1.165, 1.54) is 0 Å². The smallest absolute Gasteiger partial charge is 0.272 e. The third kappa shape index (κ3) is 4.83. The quantitative estimate of drug-likeness (QED) is 0.550. The molecule has 8 nitrogen and oxygen atoms in total. The van der Waals surface area contributed by atoms with Crippen LogP contribution in [0.4, 0.5) is 0 Å². The zero-order chi connectivity index (χ0) is 21.0. The van der Waals surface area contributed by atoms with Crippen LogP contribution in [0, 0.1) is 11.3 Å². The highest BCUT2D eigenvalue weighted by Gasteiger charge is 2.16. The molecule has 0 radical (unpaired) electrons. The van der Waals surface area contributed by atoms with Crippen LogP contribution in [0.2, 0.25) is 5.02 Å². The zero-order valence-electron chi connectivity index (χ0n) is 16.1. The van der Waals surface area contributed by atoms with E-state index in [0.29, 0.717) is 29.2 Å². The monoisotopic (exact) mass is 412 g/mol. The number of aromatic amines is 1. The third-order valence-electron chi connectivity index (χ3n) is 4.44. The summed E-state index contributed by atoms with van der Waals surface area (Å²) < 4.78 is 1.73. The molecule has 1 unspecified atom stereocenters. The Balaban J connectivity index is 1.62. The van der Waals surface area contributed by atoms with Crippen molar-refractivity contribution in [1.82, 2.24) is 25.3 Å². The van der Waals surface area contributed by atoms with Gasteiger partial charge < -0.3 is 10.4 Å². The molecule has 2 aromatic heterocycles. The lowest BCUT2D eigenvalue weighted by molar-refractivity contribution is 0.0931. The molecule has 3 N–H and O–H groups in total. The van der Waals surface area contributed by atoms with Crippen LogP contribution < -0.4 is 5.32 Å². The molecule has 0 aliphatic carbocycles. The molecule has 3 rings (SSSR count). The Bertz CT molecular complexity index is 1050. The highest BCUT2D eigenvalue weighted by atomic mass is 35.5. The number of hydrogen-bond acceptors (Lipinski definition) is 5. The predicted octanol–water partition coefficient (Wildman–Crippen LogP) is 3.06. The topological polar surface area (TPSA) is 120 Å². The minimum Gasteiger partial charge on any atom is -0.387 e. The lowest BCUT2D eigenvalue weighted by atomic mass is 10.1. The summed E-state index contributed by atoms with van der Waals surface area (Å²) in [4.78, 5) is 12.3. The van der Waals surface area contributed by atoms with E-state index in [1.54, 1.807) is 28.9 Å². The zero-order valence-corrected chi connectivity index (χ0v) is 16.8. The standard InChI is InChI=1S/C20H21ClN6O2/c1-3-19(28)17-9-18(25-24-17)20(29)23-12(2)11-27-7-6-16(26-27)13-4-5-14(10-22)15(21)8-13/h4-9,12,19,28H,3,11H2,1-2H3,(H,23,29)(H,24,25)/t12-,19?/m0/s1. The van der Waals surface area contributed by atoms with Crippen LogP contribution in [0.1, 0.15) is 48.1 Å². The summed E-state index contributed by atoms with van der Waals surface area (Å²) in [5, 5.41) is 33.2. The van der Waals surface area contributed by atoms with Gasteiger partial charge in [-0.15, -0.1) is 0 Å². The first-order chi connectivity index (χ1) is 13.9. The maximum absolute atomic E-state index is 12.3. The fourth-order valence-electron chi connectivity index (χ4n) is 2.85. The van der Waals surface area contributed by atoms with Crippen molar-refractivity contribution in [3.8, 4) is 17.3 Å². The maximum atomic E-state index is 12.3. The Morgan fingerprint density at radius 1 is 1.41 bits per heavy atom. The molecule has 0 bridgehead atoms. The summed E-state index contributed by atoms with van der Waals surface area (Å²) in [7, 11) is 0. The number of halogens is 1. The molecule has 3 aromatic rings. The summed E-state index contributed by atoms with van der Waals surface area (Å²) in [6, 6.07) is 10.4. The van der Waals surface area contributed by atoms with Crippen LogP contribution in [0.25, 0.3) is 11.3 Å². The summed E-state index contributed by atoms with van der Waals surface area (Å²) in [6.45, 7) is 4.18. The summed E-state index contributed by atoms with van der Waals surface area (Å²) in [5.41, 5.74) is 2.69. The number of carbonyl (C=O) groups excluding carboxylic acids is 1. The molecule has 150 valence electrons. The van der Waals surface area contributed by atoms with Crippen molar-refractivity contribution in [3.05, 3.63) is 58.5 Å². The molecule has 9 heteroatoms. The molecule has 0 aliphatic heterocycles. The average molecular weight is 413 g/mol. The lowest BCUT2D eigenvalue weighted by Gasteiger charge is -2.13. The molecule has 0 fully saturated rings. The summed E-state index contributed by atoms with van der Waals surface area (Å²) in [6.07, 6.45) is 1.68. The number of rotatable bonds is 7. The Kier molecular flexibility index (Phi) is 6.32. The van der Waals surface area contributed by atoms with E-state index < -0.39 is 6.10 Å². The van der Waals surface area contributed by atoms with E-state index in [9.17, 15) is 9.90 Å². The number of nitrogens with zero attached hydrogens (tertiary/aromatic N) is 4. The van der Waals surface area contributed by atoms with Crippen LogP contribution in [-0.4, -0.2) is 37.0 Å². The van der Waals surface area contributed by atoms with Gasteiger partial charge in [0.15, 0.2) is 0 Å². The Labute approximate surface area is 173 Å². The number of nitriles is 1. The molecule has 0 saturated carbocycles. The van der Waals surface area contributed by atoms with Gasteiger partial charge in [0.1, 0.15) is 11.8 Å². The van der Waals surface area contributed by atoms with Gasteiger partial charge in [0.2, 0.25) is 0 Å². The van der Waals surface area contributed by atoms with Gasteiger partial charge in [-0.25, -0.2) is 0 Å². The predicted molar refractivity (Wildman–Crippen MR) is 108 cm³/mol. The van der Waals surface area contributed by atoms with Crippen molar-refractivity contribution in [1.29, 1.82) is 5.26 Å². The van der Waals surface area contributed by atoms with Gasteiger partial charge >= 0.3 is 0 Å². The minimum atomic E-state index is -0.667. The van der Waals surface area contributed by atoms with Gasteiger partial charge in [0.25, 0.3) is 5.91 Å². The normalized spacial score (nSPS) is 12.9. The van der Waals surface area contributed by atoms with E-state index in [4.69, 9.17) is 16.9 Å². The minimum absolute atomic E-state index is 0.198. The lowest BCUT2D eigenvalue weighted by Crippen LogP contribution is -2.36. The number of aromatic nitrogens is 4. The number of carbonyl (C=O) groups is 1. The first-order valence-corrected chi connectivity index (χ1v) is 9.56. The number of aliphatic hydroxyl groups is 1. The number of aliphatic hydroxyl groups excluding tert-OH is 1. The molecule has 2 heterocycles. The SMILES string of the molecule is CCC(O)c1cc(C(=O)N[C@@H](C)Cn2ccc(-c3ccc(C#N)c(Cl)c3)n2)n[nH]1. The van der Waals surface area contributed by atoms with Crippen molar-refractivity contribution in [2.45, 2.75) is 39.0 Å². The van der Waals surface area contributed by atoms with E-state index in [0.717, 1.165) is 11.3 Å². The molecule has 0 saturated heterocycles. The van der Waals surface area contributed by atoms with Crippen LogP contribution in [-0.2, 0) is 6.54 Å².